The SMILES string of the molecule is CCN1CC(=O)N(Cc2cccc(NC)n2)CC1=O. The van der Waals surface area contributed by atoms with Crippen LogP contribution in [0.5, 0.6) is 0 Å². The molecule has 1 aliphatic heterocycles. The van der Waals surface area contributed by atoms with Crippen LogP contribution in [0, 0.1) is 0 Å². The van der Waals surface area contributed by atoms with Crippen molar-refractivity contribution >= 4 is 17.6 Å². The molecule has 2 amide bonds. The normalized spacial score (nSPS) is 15.9. The molecule has 19 heavy (non-hydrogen) atoms. The fourth-order valence-electron chi connectivity index (χ4n) is 2.04. The number of likely N-dealkylation sites (N-methyl/N-ethyl adjacent to an activating group) is 1. The van der Waals surface area contributed by atoms with Crippen LogP contribution in [-0.2, 0) is 16.1 Å². The highest BCUT2D eigenvalue weighted by Gasteiger charge is 2.28. The van der Waals surface area contributed by atoms with E-state index in [2.05, 4.69) is 10.3 Å². The summed E-state index contributed by atoms with van der Waals surface area (Å²) in [6.07, 6.45) is 0. The Labute approximate surface area is 112 Å². The van der Waals surface area contributed by atoms with Gasteiger partial charge in [0, 0.05) is 13.6 Å². The second-order valence-electron chi connectivity index (χ2n) is 4.42. The average molecular weight is 262 g/mol. The number of rotatable bonds is 4. The predicted molar refractivity (Wildman–Crippen MR) is 71.5 cm³/mol. The van der Waals surface area contributed by atoms with E-state index in [1.54, 1.807) is 16.8 Å². The number of piperazine rings is 1. The second-order valence-corrected chi connectivity index (χ2v) is 4.42. The van der Waals surface area contributed by atoms with Crippen LogP contribution in [-0.4, -0.2) is 53.3 Å². The standard InChI is InChI=1S/C13H18N4O2/c1-3-16-8-13(19)17(9-12(16)18)7-10-5-4-6-11(14-2)15-10/h4-6H,3,7-9H2,1-2H3,(H,14,15). The molecule has 102 valence electrons. The third-order valence-corrected chi connectivity index (χ3v) is 3.16. The molecule has 1 fully saturated rings. The molecule has 0 saturated carbocycles. The molecule has 6 nitrogen and oxygen atoms in total. The lowest BCUT2D eigenvalue weighted by Gasteiger charge is -2.33. The molecule has 0 aliphatic carbocycles. The Morgan fingerprint density at radius 2 is 1.89 bits per heavy atom. The van der Waals surface area contributed by atoms with Gasteiger partial charge in [-0.25, -0.2) is 4.98 Å². The number of hydrogen-bond donors (Lipinski definition) is 1. The molecule has 2 rings (SSSR count). The van der Waals surface area contributed by atoms with Gasteiger partial charge in [-0.15, -0.1) is 0 Å². The summed E-state index contributed by atoms with van der Waals surface area (Å²) in [4.78, 5) is 31.2. The molecule has 1 saturated heterocycles. The van der Waals surface area contributed by atoms with Gasteiger partial charge in [0.15, 0.2) is 0 Å². The zero-order valence-electron chi connectivity index (χ0n) is 11.2. The molecule has 0 radical (unpaired) electrons. The molecule has 2 heterocycles. The molecule has 1 N–H and O–H groups in total. The van der Waals surface area contributed by atoms with Crippen LogP contribution in [0.4, 0.5) is 5.82 Å². The largest absolute Gasteiger partial charge is 0.373 e. The molecule has 0 atom stereocenters. The Hall–Kier alpha value is -2.11. The van der Waals surface area contributed by atoms with Gasteiger partial charge in [0.05, 0.1) is 18.8 Å². The number of aromatic nitrogens is 1. The Morgan fingerprint density at radius 3 is 2.58 bits per heavy atom. The molecule has 0 bridgehead atoms. The van der Waals surface area contributed by atoms with E-state index in [-0.39, 0.29) is 24.9 Å². The van der Waals surface area contributed by atoms with Crippen LogP contribution < -0.4 is 5.32 Å². The summed E-state index contributed by atoms with van der Waals surface area (Å²) in [6, 6.07) is 5.58. The highest BCUT2D eigenvalue weighted by atomic mass is 16.2. The summed E-state index contributed by atoms with van der Waals surface area (Å²) in [5.74, 6) is 0.716. The molecule has 6 heteroatoms. The van der Waals surface area contributed by atoms with Gasteiger partial charge in [-0.2, -0.15) is 0 Å². The van der Waals surface area contributed by atoms with Crippen LogP contribution in [0.25, 0.3) is 0 Å². The number of amides is 2. The summed E-state index contributed by atoms with van der Waals surface area (Å²) in [7, 11) is 1.79. The van der Waals surface area contributed by atoms with E-state index in [9.17, 15) is 9.59 Å². The van der Waals surface area contributed by atoms with Gasteiger partial charge in [0.25, 0.3) is 0 Å². The Bertz CT molecular complexity index is 489. The highest BCUT2D eigenvalue weighted by molar-refractivity contribution is 5.92. The monoisotopic (exact) mass is 262 g/mol. The minimum Gasteiger partial charge on any atom is -0.373 e. The van der Waals surface area contributed by atoms with Crippen LogP contribution in [0.1, 0.15) is 12.6 Å². The summed E-state index contributed by atoms with van der Waals surface area (Å²) >= 11 is 0. The first-order valence-electron chi connectivity index (χ1n) is 6.33. The zero-order valence-corrected chi connectivity index (χ0v) is 11.2. The number of nitrogens with one attached hydrogen (secondary N) is 1. The van der Waals surface area contributed by atoms with Gasteiger partial charge >= 0.3 is 0 Å². The van der Waals surface area contributed by atoms with Gasteiger partial charge in [-0.05, 0) is 19.1 Å². The first-order valence-corrected chi connectivity index (χ1v) is 6.33. The maximum atomic E-state index is 12.0. The highest BCUT2D eigenvalue weighted by Crippen LogP contribution is 2.11. The topological polar surface area (TPSA) is 65.5 Å². The van der Waals surface area contributed by atoms with E-state index < -0.39 is 0 Å². The Morgan fingerprint density at radius 1 is 1.21 bits per heavy atom. The molecule has 0 spiro atoms. The number of carbonyl (C=O) groups excluding carboxylic acids is 2. The van der Waals surface area contributed by atoms with Gasteiger partial charge in [0.1, 0.15) is 12.4 Å². The van der Waals surface area contributed by atoms with Crippen LogP contribution in [0.3, 0.4) is 0 Å². The van der Waals surface area contributed by atoms with Gasteiger partial charge in [-0.1, -0.05) is 6.07 Å². The summed E-state index contributed by atoms with van der Waals surface area (Å²) < 4.78 is 0. The average Bonchev–Trinajstić information content (AvgIpc) is 2.42. The van der Waals surface area contributed by atoms with E-state index >= 15 is 0 Å². The van der Waals surface area contributed by atoms with Crippen molar-refractivity contribution in [3.05, 3.63) is 23.9 Å². The summed E-state index contributed by atoms with van der Waals surface area (Å²) in [5.41, 5.74) is 0.776. The van der Waals surface area contributed by atoms with Crippen LogP contribution in [0.2, 0.25) is 0 Å². The Kier molecular flexibility index (Phi) is 3.99. The molecule has 1 aromatic rings. The fraction of sp³-hybridized carbons (Fsp3) is 0.462. The molecular formula is C13H18N4O2. The molecule has 1 aliphatic rings. The molecular weight excluding hydrogens is 244 g/mol. The van der Waals surface area contributed by atoms with Crippen molar-refractivity contribution in [2.45, 2.75) is 13.5 Å². The number of hydrogen-bond acceptors (Lipinski definition) is 4. The summed E-state index contributed by atoms with van der Waals surface area (Å²) in [5, 5.41) is 2.95. The van der Waals surface area contributed by atoms with Crippen molar-refractivity contribution in [3.63, 3.8) is 0 Å². The number of anilines is 1. The smallest absolute Gasteiger partial charge is 0.243 e. The van der Waals surface area contributed by atoms with Crippen molar-refractivity contribution in [1.29, 1.82) is 0 Å². The second kappa shape index (κ2) is 5.69. The van der Waals surface area contributed by atoms with Crippen LogP contribution in [0.15, 0.2) is 18.2 Å². The minimum absolute atomic E-state index is 0.00753. The van der Waals surface area contributed by atoms with E-state index in [1.807, 2.05) is 25.1 Å². The number of carbonyl (C=O) groups is 2. The lowest BCUT2D eigenvalue weighted by atomic mass is 10.2. The van der Waals surface area contributed by atoms with Crippen LogP contribution >= 0.6 is 0 Å². The van der Waals surface area contributed by atoms with Crippen molar-refractivity contribution in [2.75, 3.05) is 32.0 Å². The minimum atomic E-state index is -0.0295. The first-order chi connectivity index (χ1) is 9.13. The number of nitrogens with zero attached hydrogens (tertiary/aromatic N) is 3. The third kappa shape index (κ3) is 3.01. The zero-order chi connectivity index (χ0) is 13.8. The van der Waals surface area contributed by atoms with E-state index in [0.717, 1.165) is 11.5 Å². The summed E-state index contributed by atoms with van der Waals surface area (Å²) in [6.45, 7) is 3.13. The van der Waals surface area contributed by atoms with Crippen molar-refractivity contribution in [2.24, 2.45) is 0 Å². The first kappa shape index (κ1) is 13.3. The molecule has 0 aromatic carbocycles. The predicted octanol–water partition coefficient (Wildman–Crippen LogP) is 0.314. The maximum Gasteiger partial charge on any atom is 0.243 e. The van der Waals surface area contributed by atoms with Crippen molar-refractivity contribution in [1.82, 2.24) is 14.8 Å². The number of pyridine rings is 1. The van der Waals surface area contributed by atoms with Crippen molar-refractivity contribution in [3.8, 4) is 0 Å². The third-order valence-electron chi connectivity index (χ3n) is 3.16. The van der Waals surface area contributed by atoms with Crippen molar-refractivity contribution < 1.29 is 9.59 Å². The van der Waals surface area contributed by atoms with E-state index in [1.165, 1.54) is 0 Å². The van der Waals surface area contributed by atoms with Gasteiger partial charge in [0.2, 0.25) is 11.8 Å². The maximum absolute atomic E-state index is 12.0. The van der Waals surface area contributed by atoms with Gasteiger partial charge in [-0.3, -0.25) is 9.59 Å². The quantitative estimate of drug-likeness (QED) is 0.848. The van der Waals surface area contributed by atoms with E-state index in [4.69, 9.17) is 0 Å². The van der Waals surface area contributed by atoms with Gasteiger partial charge < -0.3 is 15.1 Å². The Balaban J connectivity index is 2.06. The van der Waals surface area contributed by atoms with E-state index in [0.29, 0.717) is 13.1 Å². The molecule has 0 unspecified atom stereocenters. The lowest BCUT2D eigenvalue weighted by Crippen LogP contribution is -2.53. The molecule has 1 aromatic heterocycles. The fourth-order valence-corrected chi connectivity index (χ4v) is 2.04. The lowest BCUT2D eigenvalue weighted by molar-refractivity contribution is -0.150.